The van der Waals surface area contributed by atoms with E-state index in [1.54, 1.807) is 6.33 Å². The van der Waals surface area contributed by atoms with Crippen LogP contribution >= 0.6 is 0 Å². The first kappa shape index (κ1) is 13.4. The first-order valence-corrected chi connectivity index (χ1v) is 7.65. The highest BCUT2D eigenvalue weighted by molar-refractivity contribution is 5.90. The molecule has 4 heteroatoms. The van der Waals surface area contributed by atoms with Gasteiger partial charge < -0.3 is 10.3 Å². The van der Waals surface area contributed by atoms with E-state index in [9.17, 15) is 0 Å². The van der Waals surface area contributed by atoms with Crippen molar-refractivity contribution in [3.63, 3.8) is 0 Å². The van der Waals surface area contributed by atoms with Gasteiger partial charge in [0.1, 0.15) is 17.8 Å². The van der Waals surface area contributed by atoms with Crippen LogP contribution in [0.5, 0.6) is 0 Å². The zero-order chi connectivity index (χ0) is 14.3. The Morgan fingerprint density at radius 2 is 2.00 bits per heavy atom. The Labute approximate surface area is 120 Å². The van der Waals surface area contributed by atoms with Crippen LogP contribution in [0.2, 0.25) is 0 Å². The van der Waals surface area contributed by atoms with E-state index in [-0.39, 0.29) is 0 Å². The highest BCUT2D eigenvalue weighted by atomic mass is 15.1. The van der Waals surface area contributed by atoms with E-state index in [1.165, 1.54) is 36.9 Å². The van der Waals surface area contributed by atoms with Gasteiger partial charge in [0.05, 0.1) is 5.39 Å². The maximum atomic E-state index is 6.04. The van der Waals surface area contributed by atoms with Crippen molar-refractivity contribution in [3.05, 3.63) is 17.6 Å². The highest BCUT2D eigenvalue weighted by Gasteiger charge is 2.24. The molecule has 2 aromatic heterocycles. The predicted octanol–water partition coefficient (Wildman–Crippen LogP) is 3.46. The number of fused-ring (bicyclic) bond motifs is 1. The number of aryl methyl sites for hydroxylation is 1. The van der Waals surface area contributed by atoms with Crippen LogP contribution < -0.4 is 5.73 Å². The van der Waals surface area contributed by atoms with Crippen LogP contribution in [0.4, 0.5) is 5.82 Å². The second kappa shape index (κ2) is 5.08. The first-order chi connectivity index (χ1) is 9.59. The molecule has 0 spiro atoms. The predicted molar refractivity (Wildman–Crippen MR) is 82.5 cm³/mol. The number of nitrogens with two attached hydrogens (primary N) is 1. The largest absolute Gasteiger partial charge is 0.383 e. The van der Waals surface area contributed by atoms with Crippen molar-refractivity contribution in [1.82, 2.24) is 14.5 Å². The summed E-state index contributed by atoms with van der Waals surface area (Å²) in [7, 11) is 0. The summed E-state index contributed by atoms with van der Waals surface area (Å²) < 4.78 is 2.36. The maximum Gasteiger partial charge on any atom is 0.145 e. The monoisotopic (exact) mass is 272 g/mol. The molecule has 1 saturated carbocycles. The lowest BCUT2D eigenvalue weighted by molar-refractivity contribution is 0.229. The van der Waals surface area contributed by atoms with Crippen LogP contribution in [0, 0.1) is 25.7 Å². The smallest absolute Gasteiger partial charge is 0.145 e. The molecule has 2 N–H and O–H groups in total. The molecule has 108 valence electrons. The SMILES string of the molecule is Cc1c(C)n(CC2CCCCC2C)c2ncnc(N)c12. The number of nitrogen functional groups attached to an aromatic ring is 1. The van der Waals surface area contributed by atoms with E-state index in [0.717, 1.165) is 29.4 Å². The molecule has 0 bridgehead atoms. The molecule has 1 aliphatic carbocycles. The van der Waals surface area contributed by atoms with E-state index in [4.69, 9.17) is 5.73 Å². The summed E-state index contributed by atoms with van der Waals surface area (Å²) in [5.41, 5.74) is 9.55. The fourth-order valence-electron chi connectivity index (χ4n) is 3.62. The molecule has 0 aromatic carbocycles. The van der Waals surface area contributed by atoms with Gasteiger partial charge in [0.15, 0.2) is 0 Å². The molecular formula is C16H24N4. The van der Waals surface area contributed by atoms with Crippen molar-refractivity contribution in [2.45, 2.75) is 53.0 Å². The van der Waals surface area contributed by atoms with Crippen LogP contribution in [0.15, 0.2) is 6.33 Å². The van der Waals surface area contributed by atoms with Gasteiger partial charge in [0.2, 0.25) is 0 Å². The number of anilines is 1. The molecule has 1 fully saturated rings. The van der Waals surface area contributed by atoms with E-state index in [0.29, 0.717) is 5.82 Å². The van der Waals surface area contributed by atoms with Crippen LogP contribution in [-0.2, 0) is 6.54 Å². The van der Waals surface area contributed by atoms with Gasteiger partial charge in [-0.2, -0.15) is 0 Å². The van der Waals surface area contributed by atoms with E-state index in [1.807, 2.05) is 0 Å². The standard InChI is InChI=1S/C16H24N4/c1-10-6-4-5-7-13(10)8-20-12(3)11(2)14-15(17)18-9-19-16(14)20/h9-10,13H,4-8H2,1-3H3,(H2,17,18,19). The molecule has 20 heavy (non-hydrogen) atoms. The lowest BCUT2D eigenvalue weighted by Gasteiger charge is -2.29. The summed E-state index contributed by atoms with van der Waals surface area (Å²) in [5.74, 6) is 2.17. The average Bonchev–Trinajstić information content (AvgIpc) is 2.67. The van der Waals surface area contributed by atoms with Crippen LogP contribution in [0.3, 0.4) is 0 Å². The molecule has 2 aromatic rings. The molecule has 2 atom stereocenters. The second-order valence-electron chi connectivity index (χ2n) is 6.30. The van der Waals surface area contributed by atoms with Gasteiger partial charge in [-0.3, -0.25) is 0 Å². The Hall–Kier alpha value is -1.58. The minimum atomic E-state index is 0.603. The summed E-state index contributed by atoms with van der Waals surface area (Å²) in [5, 5.41) is 1.04. The molecule has 3 rings (SSSR count). The van der Waals surface area contributed by atoms with Crippen molar-refractivity contribution >= 4 is 16.9 Å². The quantitative estimate of drug-likeness (QED) is 0.911. The Morgan fingerprint density at radius 1 is 1.25 bits per heavy atom. The van der Waals surface area contributed by atoms with Gasteiger partial charge in [-0.05, 0) is 37.7 Å². The fourth-order valence-corrected chi connectivity index (χ4v) is 3.62. The van der Waals surface area contributed by atoms with Gasteiger partial charge in [0, 0.05) is 12.2 Å². The lowest BCUT2D eigenvalue weighted by atomic mass is 9.80. The number of nitrogens with zero attached hydrogens (tertiary/aromatic N) is 3. The molecule has 2 unspecified atom stereocenters. The molecular weight excluding hydrogens is 248 g/mol. The van der Waals surface area contributed by atoms with Gasteiger partial charge in [-0.1, -0.05) is 26.2 Å². The molecule has 0 saturated heterocycles. The number of aromatic nitrogens is 3. The average molecular weight is 272 g/mol. The zero-order valence-electron chi connectivity index (χ0n) is 12.7. The van der Waals surface area contributed by atoms with Crippen molar-refractivity contribution < 1.29 is 0 Å². The lowest BCUT2D eigenvalue weighted by Crippen LogP contribution is -2.22. The summed E-state index contributed by atoms with van der Waals surface area (Å²) in [6.07, 6.45) is 7.02. The summed E-state index contributed by atoms with van der Waals surface area (Å²) in [6, 6.07) is 0. The van der Waals surface area contributed by atoms with Crippen molar-refractivity contribution in [2.75, 3.05) is 5.73 Å². The van der Waals surface area contributed by atoms with Crippen LogP contribution in [-0.4, -0.2) is 14.5 Å². The van der Waals surface area contributed by atoms with E-state index >= 15 is 0 Å². The van der Waals surface area contributed by atoms with Crippen LogP contribution in [0.25, 0.3) is 11.0 Å². The van der Waals surface area contributed by atoms with Crippen molar-refractivity contribution in [1.29, 1.82) is 0 Å². The minimum Gasteiger partial charge on any atom is -0.383 e. The number of rotatable bonds is 2. The molecule has 1 aliphatic rings. The molecule has 4 nitrogen and oxygen atoms in total. The first-order valence-electron chi connectivity index (χ1n) is 7.65. The number of hydrogen-bond donors (Lipinski definition) is 1. The Balaban J connectivity index is 2.03. The third kappa shape index (κ3) is 2.07. The summed E-state index contributed by atoms with van der Waals surface area (Å²) in [4.78, 5) is 8.62. The van der Waals surface area contributed by atoms with Crippen LogP contribution in [0.1, 0.15) is 43.9 Å². The maximum absolute atomic E-state index is 6.04. The summed E-state index contributed by atoms with van der Waals surface area (Å²) >= 11 is 0. The Kier molecular flexibility index (Phi) is 3.40. The zero-order valence-corrected chi connectivity index (χ0v) is 12.7. The molecule has 0 aliphatic heterocycles. The van der Waals surface area contributed by atoms with Gasteiger partial charge in [0.25, 0.3) is 0 Å². The Morgan fingerprint density at radius 3 is 2.75 bits per heavy atom. The normalized spacial score (nSPS) is 23.4. The van der Waals surface area contributed by atoms with Crippen molar-refractivity contribution in [2.24, 2.45) is 11.8 Å². The minimum absolute atomic E-state index is 0.603. The van der Waals surface area contributed by atoms with E-state index in [2.05, 4.69) is 35.3 Å². The second-order valence-corrected chi connectivity index (χ2v) is 6.30. The molecule has 0 amide bonds. The number of hydrogen-bond acceptors (Lipinski definition) is 3. The van der Waals surface area contributed by atoms with E-state index < -0.39 is 0 Å². The highest BCUT2D eigenvalue weighted by Crippen LogP contribution is 2.34. The van der Waals surface area contributed by atoms with Gasteiger partial charge in [-0.15, -0.1) is 0 Å². The van der Waals surface area contributed by atoms with Gasteiger partial charge in [-0.25, -0.2) is 9.97 Å². The fraction of sp³-hybridized carbons (Fsp3) is 0.625. The third-order valence-electron chi connectivity index (χ3n) is 5.14. The summed E-state index contributed by atoms with van der Waals surface area (Å²) in [6.45, 7) is 7.75. The van der Waals surface area contributed by atoms with Crippen molar-refractivity contribution in [3.8, 4) is 0 Å². The van der Waals surface area contributed by atoms with Gasteiger partial charge >= 0.3 is 0 Å². The molecule has 2 heterocycles. The third-order valence-corrected chi connectivity index (χ3v) is 5.14. The topological polar surface area (TPSA) is 56.7 Å². The Bertz CT molecular complexity index is 629. The molecule has 0 radical (unpaired) electrons.